The fourth-order valence-corrected chi connectivity index (χ4v) is 1.87. The lowest BCUT2D eigenvalue weighted by Gasteiger charge is -1.88. The summed E-state index contributed by atoms with van der Waals surface area (Å²) in [7, 11) is 0. The van der Waals surface area contributed by atoms with E-state index >= 15 is 0 Å². The zero-order chi connectivity index (χ0) is 9.26. The summed E-state index contributed by atoms with van der Waals surface area (Å²) < 4.78 is 5.18. The Balaban J connectivity index is 2.39. The molecule has 0 aliphatic rings. The molecule has 0 aromatic carbocycles. The highest BCUT2D eigenvalue weighted by Crippen LogP contribution is 2.23. The van der Waals surface area contributed by atoms with Gasteiger partial charge in [0.2, 0.25) is 0 Å². The van der Waals surface area contributed by atoms with Gasteiger partial charge in [-0.15, -0.1) is 11.3 Å². The van der Waals surface area contributed by atoms with Gasteiger partial charge in [0.15, 0.2) is 10.8 Å². The predicted molar refractivity (Wildman–Crippen MR) is 55.7 cm³/mol. The second-order valence-electron chi connectivity index (χ2n) is 2.38. The summed E-state index contributed by atoms with van der Waals surface area (Å²) in [5.74, 6) is 0.743. The molecule has 2 heterocycles. The molecule has 2 N–H and O–H groups in total. The molecule has 13 heavy (non-hydrogen) atoms. The molecule has 0 unspecified atom stereocenters. The number of nitrogens with two attached hydrogens (primary N) is 1. The molecule has 0 bridgehead atoms. The van der Waals surface area contributed by atoms with Crippen molar-refractivity contribution in [2.75, 3.05) is 0 Å². The first kappa shape index (κ1) is 8.40. The Hall–Kier alpha value is -1.20. The molecular weight excluding hydrogens is 204 g/mol. The van der Waals surface area contributed by atoms with E-state index in [0.29, 0.717) is 10.7 Å². The summed E-state index contributed by atoms with van der Waals surface area (Å²) >= 11 is 6.26. The highest BCUT2D eigenvalue weighted by atomic mass is 32.1. The third-order valence-electron chi connectivity index (χ3n) is 1.49. The zero-order valence-corrected chi connectivity index (χ0v) is 8.19. The smallest absolute Gasteiger partial charge is 0.162 e. The predicted octanol–water partition coefficient (Wildman–Crippen LogP) is 2.04. The van der Waals surface area contributed by atoms with Gasteiger partial charge in [-0.1, -0.05) is 12.2 Å². The number of furan rings is 1. The topological polar surface area (TPSA) is 52.0 Å². The number of hydrogen-bond acceptors (Lipinski definition) is 4. The molecule has 66 valence electrons. The lowest BCUT2D eigenvalue weighted by molar-refractivity contribution is 0.582. The zero-order valence-electron chi connectivity index (χ0n) is 6.56. The van der Waals surface area contributed by atoms with Gasteiger partial charge in [0.1, 0.15) is 10.7 Å². The lowest BCUT2D eigenvalue weighted by atomic mass is 10.4. The maximum atomic E-state index is 5.43. The van der Waals surface area contributed by atoms with Crippen LogP contribution in [0.1, 0.15) is 5.69 Å². The van der Waals surface area contributed by atoms with Crippen LogP contribution < -0.4 is 5.73 Å². The first-order chi connectivity index (χ1) is 6.27. The van der Waals surface area contributed by atoms with Crippen molar-refractivity contribution >= 4 is 28.5 Å². The number of hydrogen-bond donors (Lipinski definition) is 1. The molecule has 3 nitrogen and oxygen atoms in total. The van der Waals surface area contributed by atoms with Crippen molar-refractivity contribution < 1.29 is 4.42 Å². The van der Waals surface area contributed by atoms with Crippen LogP contribution in [0, 0.1) is 0 Å². The maximum Gasteiger partial charge on any atom is 0.162 e. The van der Waals surface area contributed by atoms with Crippen LogP contribution in [-0.4, -0.2) is 9.97 Å². The highest BCUT2D eigenvalue weighted by molar-refractivity contribution is 7.80. The Morgan fingerprint density at radius 2 is 2.46 bits per heavy atom. The van der Waals surface area contributed by atoms with E-state index in [2.05, 4.69) is 4.98 Å². The molecule has 0 aliphatic carbocycles. The first-order valence-corrected chi connectivity index (χ1v) is 4.85. The molecule has 2 aromatic rings. The molecule has 0 saturated carbocycles. The summed E-state index contributed by atoms with van der Waals surface area (Å²) in [6, 6.07) is 3.67. The van der Waals surface area contributed by atoms with Gasteiger partial charge in [0.25, 0.3) is 0 Å². The van der Waals surface area contributed by atoms with Crippen LogP contribution in [-0.2, 0) is 0 Å². The minimum Gasteiger partial charge on any atom is -0.462 e. The highest BCUT2D eigenvalue weighted by Gasteiger charge is 2.07. The standard InChI is InChI=1S/C8H6N2OS2/c9-7(12)5-4-13-8(10-5)6-2-1-3-11-6/h1-4H,(H2,9,12). The Labute approximate surface area is 84.2 Å². The summed E-state index contributed by atoms with van der Waals surface area (Å²) in [5, 5.41) is 2.62. The Kier molecular flexibility index (Phi) is 2.12. The van der Waals surface area contributed by atoms with Crippen LogP contribution in [0.3, 0.4) is 0 Å². The van der Waals surface area contributed by atoms with Gasteiger partial charge in [-0.2, -0.15) is 0 Å². The molecule has 0 amide bonds. The Bertz CT molecular complexity index is 419. The molecule has 0 aliphatic heterocycles. The molecular formula is C8H6N2OS2. The van der Waals surface area contributed by atoms with Crippen LogP contribution in [0.15, 0.2) is 28.2 Å². The van der Waals surface area contributed by atoms with Gasteiger partial charge >= 0.3 is 0 Å². The first-order valence-electron chi connectivity index (χ1n) is 3.56. The van der Waals surface area contributed by atoms with E-state index in [9.17, 15) is 0 Å². The molecule has 0 saturated heterocycles. The van der Waals surface area contributed by atoms with Crippen LogP contribution in [0.2, 0.25) is 0 Å². The summed E-state index contributed by atoms with van der Waals surface area (Å²) in [6.45, 7) is 0. The molecule has 0 radical (unpaired) electrons. The van der Waals surface area contributed by atoms with Crippen molar-refractivity contribution in [1.29, 1.82) is 0 Å². The Morgan fingerprint density at radius 3 is 3.00 bits per heavy atom. The van der Waals surface area contributed by atoms with Crippen LogP contribution in [0.4, 0.5) is 0 Å². The third-order valence-corrected chi connectivity index (χ3v) is 2.55. The third kappa shape index (κ3) is 1.61. The summed E-state index contributed by atoms with van der Waals surface area (Å²) in [5.41, 5.74) is 6.07. The fourth-order valence-electron chi connectivity index (χ4n) is 0.900. The lowest BCUT2D eigenvalue weighted by Crippen LogP contribution is -2.09. The maximum absolute atomic E-state index is 5.43. The Morgan fingerprint density at radius 1 is 1.62 bits per heavy atom. The van der Waals surface area contributed by atoms with Crippen molar-refractivity contribution in [2.45, 2.75) is 0 Å². The van der Waals surface area contributed by atoms with Crippen molar-refractivity contribution in [1.82, 2.24) is 4.98 Å². The monoisotopic (exact) mass is 210 g/mol. The summed E-state index contributed by atoms with van der Waals surface area (Å²) in [4.78, 5) is 4.52. The van der Waals surface area contributed by atoms with E-state index in [0.717, 1.165) is 10.8 Å². The number of thiocarbonyl (C=S) groups is 1. The van der Waals surface area contributed by atoms with Crippen LogP contribution in [0.25, 0.3) is 10.8 Å². The second kappa shape index (κ2) is 3.27. The van der Waals surface area contributed by atoms with Crippen molar-refractivity contribution in [2.24, 2.45) is 5.73 Å². The van der Waals surface area contributed by atoms with E-state index in [-0.39, 0.29) is 0 Å². The van der Waals surface area contributed by atoms with E-state index < -0.39 is 0 Å². The molecule has 0 spiro atoms. The average molecular weight is 210 g/mol. The fraction of sp³-hybridized carbons (Fsp3) is 0. The van der Waals surface area contributed by atoms with Gasteiger partial charge in [-0.3, -0.25) is 0 Å². The minimum atomic E-state index is 0.314. The molecule has 0 atom stereocenters. The van der Waals surface area contributed by atoms with Crippen molar-refractivity contribution in [3.63, 3.8) is 0 Å². The van der Waals surface area contributed by atoms with Gasteiger partial charge in [-0.05, 0) is 12.1 Å². The van der Waals surface area contributed by atoms with Gasteiger partial charge < -0.3 is 10.2 Å². The minimum absolute atomic E-state index is 0.314. The van der Waals surface area contributed by atoms with E-state index in [4.69, 9.17) is 22.4 Å². The number of aromatic nitrogens is 1. The van der Waals surface area contributed by atoms with Crippen molar-refractivity contribution in [3.05, 3.63) is 29.5 Å². The number of rotatable bonds is 2. The van der Waals surface area contributed by atoms with Gasteiger partial charge in [-0.25, -0.2) is 4.98 Å². The van der Waals surface area contributed by atoms with Crippen LogP contribution >= 0.6 is 23.6 Å². The molecule has 2 aromatic heterocycles. The van der Waals surface area contributed by atoms with E-state index in [1.165, 1.54) is 11.3 Å². The van der Waals surface area contributed by atoms with Crippen molar-refractivity contribution in [3.8, 4) is 10.8 Å². The van der Waals surface area contributed by atoms with Gasteiger partial charge in [0.05, 0.1) is 6.26 Å². The largest absolute Gasteiger partial charge is 0.462 e. The van der Waals surface area contributed by atoms with E-state index in [1.807, 2.05) is 17.5 Å². The number of nitrogens with zero attached hydrogens (tertiary/aromatic N) is 1. The normalized spacial score (nSPS) is 10.2. The average Bonchev–Trinajstić information content (AvgIpc) is 2.75. The molecule has 2 rings (SSSR count). The quantitative estimate of drug-likeness (QED) is 0.771. The molecule has 5 heteroatoms. The molecule has 0 fully saturated rings. The van der Waals surface area contributed by atoms with Crippen LogP contribution in [0.5, 0.6) is 0 Å². The SMILES string of the molecule is NC(=S)c1csc(-c2ccco2)n1. The van der Waals surface area contributed by atoms with E-state index in [1.54, 1.807) is 6.26 Å². The second-order valence-corrected chi connectivity index (χ2v) is 3.68. The van der Waals surface area contributed by atoms with Gasteiger partial charge in [0, 0.05) is 5.38 Å². The number of thiazole rings is 1. The summed E-state index contributed by atoms with van der Waals surface area (Å²) in [6.07, 6.45) is 1.61.